The Balaban J connectivity index is 2.29. The summed E-state index contributed by atoms with van der Waals surface area (Å²) in [5, 5.41) is 13.4. The summed E-state index contributed by atoms with van der Waals surface area (Å²) in [5.41, 5.74) is 9.38. The summed E-state index contributed by atoms with van der Waals surface area (Å²) in [6, 6.07) is 9.64. The third-order valence-electron chi connectivity index (χ3n) is 3.14. The summed E-state index contributed by atoms with van der Waals surface area (Å²) in [5.74, 6) is 0. The first-order valence-corrected chi connectivity index (χ1v) is 6.55. The van der Waals surface area contributed by atoms with Crippen LogP contribution in [0.4, 0.5) is 0 Å². The van der Waals surface area contributed by atoms with Crippen LogP contribution in [0.5, 0.6) is 0 Å². The molecule has 0 saturated heterocycles. The topological polar surface area (TPSA) is 70.9 Å². The number of likely N-dealkylation sites (N-methyl/N-ethyl adjacent to an activating group) is 1. The maximum atomic E-state index is 8.85. The zero-order valence-corrected chi connectivity index (χ0v) is 11.9. The van der Waals surface area contributed by atoms with Gasteiger partial charge in [-0.3, -0.25) is 4.68 Å². The molecule has 0 unspecified atom stereocenters. The van der Waals surface area contributed by atoms with Crippen molar-refractivity contribution in [2.75, 3.05) is 20.1 Å². The van der Waals surface area contributed by atoms with Gasteiger partial charge in [0.1, 0.15) is 0 Å². The van der Waals surface area contributed by atoms with Crippen molar-refractivity contribution in [3.8, 4) is 17.3 Å². The molecule has 104 valence electrons. The lowest BCUT2D eigenvalue weighted by molar-refractivity contribution is 0.336. The lowest BCUT2D eigenvalue weighted by atomic mass is 10.1. The van der Waals surface area contributed by atoms with E-state index in [0.29, 0.717) is 12.1 Å². The molecule has 0 aliphatic heterocycles. The van der Waals surface area contributed by atoms with Gasteiger partial charge in [0.2, 0.25) is 0 Å². The van der Waals surface area contributed by atoms with E-state index in [1.807, 2.05) is 49.2 Å². The first-order chi connectivity index (χ1) is 9.63. The van der Waals surface area contributed by atoms with E-state index >= 15 is 0 Å². The van der Waals surface area contributed by atoms with E-state index in [1.165, 1.54) is 0 Å². The molecule has 0 spiro atoms. The normalized spacial score (nSPS) is 10.8. The molecule has 1 aromatic carbocycles. The van der Waals surface area contributed by atoms with E-state index in [4.69, 9.17) is 11.0 Å². The molecule has 0 aliphatic carbocycles. The predicted molar refractivity (Wildman–Crippen MR) is 78.7 cm³/mol. The number of nitriles is 1. The molecule has 5 nitrogen and oxygen atoms in total. The highest BCUT2D eigenvalue weighted by Crippen LogP contribution is 2.23. The van der Waals surface area contributed by atoms with E-state index in [-0.39, 0.29) is 0 Å². The summed E-state index contributed by atoms with van der Waals surface area (Å²) in [6.07, 6.45) is 2.03. The quantitative estimate of drug-likeness (QED) is 0.889. The van der Waals surface area contributed by atoms with E-state index in [9.17, 15) is 0 Å². The molecule has 0 fully saturated rings. The van der Waals surface area contributed by atoms with Crippen LogP contribution in [0.3, 0.4) is 0 Å². The third kappa shape index (κ3) is 3.23. The standard InChI is InChI=1S/C15H19N5/c1-19(8-7-16)10-14-11-20(2)18-15(14)13-5-3-12(9-17)4-6-13/h3-6,11H,7-8,10,16H2,1-2H3. The predicted octanol–water partition coefficient (Wildman–Crippen LogP) is 1.35. The smallest absolute Gasteiger partial charge is 0.0991 e. The van der Waals surface area contributed by atoms with Crippen molar-refractivity contribution in [2.45, 2.75) is 6.54 Å². The zero-order valence-electron chi connectivity index (χ0n) is 11.9. The van der Waals surface area contributed by atoms with Gasteiger partial charge in [0, 0.05) is 44.0 Å². The van der Waals surface area contributed by atoms with E-state index in [0.717, 1.165) is 29.9 Å². The SMILES string of the molecule is CN(CCN)Cc1cn(C)nc1-c1ccc(C#N)cc1. The number of aromatic nitrogens is 2. The summed E-state index contributed by atoms with van der Waals surface area (Å²) < 4.78 is 1.82. The highest BCUT2D eigenvalue weighted by Gasteiger charge is 2.11. The Morgan fingerprint density at radius 3 is 2.65 bits per heavy atom. The fraction of sp³-hybridized carbons (Fsp3) is 0.333. The number of rotatable bonds is 5. The van der Waals surface area contributed by atoms with Gasteiger partial charge in [-0.25, -0.2) is 0 Å². The van der Waals surface area contributed by atoms with Crippen LogP contribution >= 0.6 is 0 Å². The van der Waals surface area contributed by atoms with Crippen LogP contribution in [-0.4, -0.2) is 34.8 Å². The monoisotopic (exact) mass is 269 g/mol. The minimum atomic E-state index is 0.642. The first kappa shape index (κ1) is 14.3. The molecule has 0 bridgehead atoms. The number of hydrogen-bond donors (Lipinski definition) is 1. The first-order valence-electron chi connectivity index (χ1n) is 6.55. The molecule has 2 rings (SSSR count). The highest BCUT2D eigenvalue weighted by molar-refractivity contribution is 5.63. The van der Waals surface area contributed by atoms with Gasteiger partial charge in [0.15, 0.2) is 0 Å². The van der Waals surface area contributed by atoms with Crippen molar-refractivity contribution in [2.24, 2.45) is 12.8 Å². The molecule has 0 radical (unpaired) electrons. The second-order valence-electron chi connectivity index (χ2n) is 4.89. The van der Waals surface area contributed by atoms with Crippen molar-refractivity contribution in [1.82, 2.24) is 14.7 Å². The zero-order chi connectivity index (χ0) is 14.5. The Kier molecular flexibility index (Phi) is 4.51. The Morgan fingerprint density at radius 1 is 1.35 bits per heavy atom. The summed E-state index contributed by atoms with van der Waals surface area (Å²) in [4.78, 5) is 2.17. The summed E-state index contributed by atoms with van der Waals surface area (Å²) in [6.45, 7) is 2.30. The molecular formula is C15H19N5. The number of aryl methyl sites for hydroxylation is 1. The minimum absolute atomic E-state index is 0.642. The summed E-state index contributed by atoms with van der Waals surface area (Å²) in [7, 11) is 3.96. The van der Waals surface area contributed by atoms with Crippen LogP contribution in [-0.2, 0) is 13.6 Å². The number of hydrogen-bond acceptors (Lipinski definition) is 4. The van der Waals surface area contributed by atoms with Gasteiger partial charge in [-0.1, -0.05) is 12.1 Å². The van der Waals surface area contributed by atoms with E-state index < -0.39 is 0 Å². The van der Waals surface area contributed by atoms with Crippen molar-refractivity contribution in [3.05, 3.63) is 41.6 Å². The average molecular weight is 269 g/mol. The lowest BCUT2D eigenvalue weighted by Crippen LogP contribution is -2.25. The van der Waals surface area contributed by atoms with Crippen molar-refractivity contribution < 1.29 is 0 Å². The van der Waals surface area contributed by atoms with Gasteiger partial charge < -0.3 is 10.6 Å². The largest absolute Gasteiger partial charge is 0.329 e. The van der Waals surface area contributed by atoms with Gasteiger partial charge in [-0.2, -0.15) is 10.4 Å². The fourth-order valence-corrected chi connectivity index (χ4v) is 2.19. The second-order valence-corrected chi connectivity index (χ2v) is 4.89. The second kappa shape index (κ2) is 6.33. The number of benzene rings is 1. The fourth-order valence-electron chi connectivity index (χ4n) is 2.19. The highest BCUT2D eigenvalue weighted by atomic mass is 15.3. The van der Waals surface area contributed by atoms with Gasteiger partial charge in [-0.05, 0) is 19.2 Å². The number of nitrogens with two attached hydrogens (primary N) is 1. The molecule has 0 amide bonds. The molecule has 0 aliphatic rings. The molecular weight excluding hydrogens is 250 g/mol. The molecule has 2 aromatic rings. The number of nitrogens with zero attached hydrogens (tertiary/aromatic N) is 4. The maximum Gasteiger partial charge on any atom is 0.0991 e. The maximum absolute atomic E-state index is 8.85. The van der Waals surface area contributed by atoms with Crippen LogP contribution in [0.25, 0.3) is 11.3 Å². The minimum Gasteiger partial charge on any atom is -0.329 e. The molecule has 0 atom stereocenters. The van der Waals surface area contributed by atoms with Gasteiger partial charge in [0.25, 0.3) is 0 Å². The van der Waals surface area contributed by atoms with E-state index in [1.54, 1.807) is 0 Å². The van der Waals surface area contributed by atoms with Gasteiger partial charge >= 0.3 is 0 Å². The van der Waals surface area contributed by atoms with Crippen LogP contribution in [0, 0.1) is 11.3 Å². The lowest BCUT2D eigenvalue weighted by Gasteiger charge is -2.15. The van der Waals surface area contributed by atoms with Crippen molar-refractivity contribution in [3.63, 3.8) is 0 Å². The molecule has 0 saturated carbocycles. The Bertz CT molecular complexity index is 606. The molecule has 1 aromatic heterocycles. The van der Waals surface area contributed by atoms with Crippen LogP contribution < -0.4 is 5.73 Å². The van der Waals surface area contributed by atoms with Gasteiger partial charge in [0.05, 0.1) is 17.3 Å². The Hall–Kier alpha value is -2.16. The van der Waals surface area contributed by atoms with Crippen molar-refractivity contribution in [1.29, 1.82) is 5.26 Å². The Morgan fingerprint density at radius 2 is 2.05 bits per heavy atom. The van der Waals surface area contributed by atoms with Crippen LogP contribution in [0.2, 0.25) is 0 Å². The van der Waals surface area contributed by atoms with Crippen molar-refractivity contribution >= 4 is 0 Å². The average Bonchev–Trinajstić information content (AvgIpc) is 2.80. The van der Waals surface area contributed by atoms with E-state index in [2.05, 4.69) is 16.1 Å². The Labute approximate surface area is 119 Å². The van der Waals surface area contributed by atoms with Crippen LogP contribution in [0.1, 0.15) is 11.1 Å². The molecule has 2 N–H and O–H groups in total. The third-order valence-corrected chi connectivity index (χ3v) is 3.14. The molecule has 20 heavy (non-hydrogen) atoms. The van der Waals surface area contributed by atoms with Crippen LogP contribution in [0.15, 0.2) is 30.5 Å². The molecule has 5 heteroatoms. The summed E-state index contributed by atoms with van der Waals surface area (Å²) >= 11 is 0. The van der Waals surface area contributed by atoms with Gasteiger partial charge in [-0.15, -0.1) is 0 Å². The molecule has 1 heterocycles.